The monoisotopic (exact) mass is 418 g/mol. The van der Waals surface area contributed by atoms with E-state index in [1.54, 1.807) is 36.8 Å². The third-order valence-electron chi connectivity index (χ3n) is 5.49. The normalized spacial score (nSPS) is 16.5. The van der Waals surface area contributed by atoms with E-state index in [0.29, 0.717) is 17.1 Å². The first-order chi connectivity index (χ1) is 13.7. The Morgan fingerprint density at radius 1 is 1.21 bits per heavy atom. The lowest BCUT2D eigenvalue weighted by Gasteiger charge is -2.31. The fourth-order valence-electron chi connectivity index (χ4n) is 3.59. The first-order valence-corrected chi connectivity index (χ1v) is 11.6. The predicted molar refractivity (Wildman–Crippen MR) is 114 cm³/mol. The number of carbonyl (C=O) groups excluding carboxylic acids is 1. The van der Waals surface area contributed by atoms with Crippen molar-refractivity contribution in [1.29, 1.82) is 0 Å². The highest BCUT2D eigenvalue weighted by Crippen LogP contribution is 2.30. The Morgan fingerprint density at radius 2 is 1.86 bits per heavy atom. The number of hydrogen-bond donors (Lipinski definition) is 2. The highest BCUT2D eigenvalue weighted by atomic mass is 32.2. The van der Waals surface area contributed by atoms with Crippen molar-refractivity contribution in [2.45, 2.75) is 69.2 Å². The number of aromatic nitrogens is 2. The molecule has 1 atom stereocenters. The zero-order chi connectivity index (χ0) is 21.1. The van der Waals surface area contributed by atoms with Crippen molar-refractivity contribution < 1.29 is 13.2 Å². The number of sulfone groups is 1. The summed E-state index contributed by atoms with van der Waals surface area (Å²) in [4.78, 5) is 16.9. The van der Waals surface area contributed by atoms with Crippen LogP contribution in [-0.4, -0.2) is 35.3 Å². The van der Waals surface area contributed by atoms with Crippen LogP contribution < -0.4 is 10.6 Å². The van der Waals surface area contributed by atoms with Crippen molar-refractivity contribution in [3.8, 4) is 0 Å². The van der Waals surface area contributed by atoms with Gasteiger partial charge in [-0.1, -0.05) is 33.6 Å². The number of imidazole rings is 1. The molecule has 1 aromatic carbocycles. The Bertz CT molecular complexity index is 910. The van der Waals surface area contributed by atoms with E-state index >= 15 is 0 Å². The Balaban J connectivity index is 1.63. The zero-order valence-corrected chi connectivity index (χ0v) is 18.1. The minimum Gasteiger partial charge on any atom is -0.335 e. The van der Waals surface area contributed by atoms with Gasteiger partial charge in [0.1, 0.15) is 0 Å². The van der Waals surface area contributed by atoms with E-state index in [9.17, 15) is 13.2 Å². The van der Waals surface area contributed by atoms with Gasteiger partial charge in [0.25, 0.3) is 0 Å². The lowest BCUT2D eigenvalue weighted by atomic mass is 9.86. The van der Waals surface area contributed by atoms with Crippen LogP contribution in [0.3, 0.4) is 0 Å². The number of nitrogens with zero attached hydrogens (tertiary/aromatic N) is 2. The van der Waals surface area contributed by atoms with Gasteiger partial charge in [-0.05, 0) is 42.5 Å². The van der Waals surface area contributed by atoms with E-state index in [-0.39, 0.29) is 22.7 Å². The summed E-state index contributed by atoms with van der Waals surface area (Å²) in [6.45, 7) is 6.81. The summed E-state index contributed by atoms with van der Waals surface area (Å²) in [6.07, 6.45) is 8.70. The molecule has 3 rings (SSSR count). The summed E-state index contributed by atoms with van der Waals surface area (Å²) < 4.78 is 27.3. The number of nitrogens with one attached hydrogen (secondary N) is 2. The van der Waals surface area contributed by atoms with Crippen molar-refractivity contribution >= 4 is 21.6 Å². The fraction of sp³-hybridized carbons (Fsp3) is 0.524. The Labute approximate surface area is 172 Å². The molecule has 8 heteroatoms. The van der Waals surface area contributed by atoms with Gasteiger partial charge in [0.2, 0.25) is 0 Å². The second-order valence-electron chi connectivity index (χ2n) is 8.75. The molecular weight excluding hydrogens is 388 g/mol. The van der Waals surface area contributed by atoms with Crippen molar-refractivity contribution in [2.24, 2.45) is 5.41 Å². The standard InChI is InChI=1S/C21H30N4O3S/c1-21(2,3)19(14-25-13-12-22-15-25)24-20(26)23-16-8-10-18(11-9-16)29(27,28)17-6-4-5-7-17/h8-13,15,17,19H,4-7,14H2,1-3H3,(H2,23,24,26)/t19-/m0/s1. The third kappa shape index (κ3) is 5.38. The Morgan fingerprint density at radius 3 is 2.41 bits per heavy atom. The minimum atomic E-state index is -3.29. The SMILES string of the molecule is CC(C)(C)[C@H](Cn1ccnc1)NC(=O)Nc1ccc(S(=O)(=O)C2CCCC2)cc1. The maximum Gasteiger partial charge on any atom is 0.319 e. The molecule has 0 radical (unpaired) electrons. The zero-order valence-electron chi connectivity index (χ0n) is 17.3. The van der Waals surface area contributed by atoms with Gasteiger partial charge in [-0.3, -0.25) is 0 Å². The highest BCUT2D eigenvalue weighted by Gasteiger charge is 2.30. The van der Waals surface area contributed by atoms with E-state index < -0.39 is 9.84 Å². The molecular formula is C21H30N4O3S. The number of hydrogen-bond acceptors (Lipinski definition) is 4. The van der Waals surface area contributed by atoms with Gasteiger partial charge in [-0.25, -0.2) is 18.2 Å². The van der Waals surface area contributed by atoms with Crippen LogP contribution in [0.2, 0.25) is 0 Å². The first-order valence-electron chi connectivity index (χ1n) is 10.0. The van der Waals surface area contributed by atoms with Crippen molar-refractivity contribution in [3.05, 3.63) is 43.0 Å². The van der Waals surface area contributed by atoms with Crippen molar-refractivity contribution in [1.82, 2.24) is 14.9 Å². The fourth-order valence-corrected chi connectivity index (χ4v) is 5.44. The average molecular weight is 419 g/mol. The Kier molecular flexibility index (Phi) is 6.31. The van der Waals surface area contributed by atoms with E-state index in [1.807, 2.05) is 10.8 Å². The summed E-state index contributed by atoms with van der Waals surface area (Å²) >= 11 is 0. The predicted octanol–water partition coefficient (Wildman–Crippen LogP) is 3.84. The average Bonchev–Trinajstić information content (AvgIpc) is 3.35. The van der Waals surface area contributed by atoms with Gasteiger partial charge < -0.3 is 15.2 Å². The first kappa shape index (κ1) is 21.4. The molecule has 1 fully saturated rings. The van der Waals surface area contributed by atoms with Gasteiger partial charge in [-0.15, -0.1) is 0 Å². The number of anilines is 1. The van der Waals surface area contributed by atoms with Gasteiger partial charge in [0, 0.05) is 24.6 Å². The number of urea groups is 1. The molecule has 1 heterocycles. The summed E-state index contributed by atoms with van der Waals surface area (Å²) in [6, 6.07) is 6.01. The van der Waals surface area contributed by atoms with E-state index in [0.717, 1.165) is 25.7 Å². The van der Waals surface area contributed by atoms with Crippen LogP contribution in [0.15, 0.2) is 47.9 Å². The number of rotatable bonds is 6. The molecule has 7 nitrogen and oxygen atoms in total. The van der Waals surface area contributed by atoms with Crippen LogP contribution in [0.25, 0.3) is 0 Å². The molecule has 0 bridgehead atoms. The maximum atomic E-state index is 12.7. The molecule has 1 saturated carbocycles. The molecule has 2 amide bonds. The quantitative estimate of drug-likeness (QED) is 0.745. The molecule has 2 aromatic rings. The van der Waals surface area contributed by atoms with Gasteiger partial charge in [-0.2, -0.15) is 0 Å². The van der Waals surface area contributed by atoms with Gasteiger partial charge >= 0.3 is 6.03 Å². The molecule has 0 aliphatic heterocycles. The summed E-state index contributed by atoms with van der Waals surface area (Å²) in [5.74, 6) is 0. The van der Waals surface area contributed by atoms with Crippen LogP contribution >= 0.6 is 0 Å². The topological polar surface area (TPSA) is 93.1 Å². The maximum absolute atomic E-state index is 12.7. The second-order valence-corrected chi connectivity index (χ2v) is 11.0. The molecule has 0 unspecified atom stereocenters. The van der Waals surface area contributed by atoms with Gasteiger partial charge in [0.15, 0.2) is 9.84 Å². The number of benzene rings is 1. The van der Waals surface area contributed by atoms with E-state index in [2.05, 4.69) is 36.4 Å². The van der Waals surface area contributed by atoms with Crippen LogP contribution in [0.5, 0.6) is 0 Å². The van der Waals surface area contributed by atoms with E-state index in [4.69, 9.17) is 0 Å². The van der Waals surface area contributed by atoms with Crippen LogP contribution in [0, 0.1) is 5.41 Å². The molecule has 2 N–H and O–H groups in total. The highest BCUT2D eigenvalue weighted by molar-refractivity contribution is 7.92. The van der Waals surface area contributed by atoms with Gasteiger partial charge in [0.05, 0.1) is 22.5 Å². The molecule has 1 aliphatic rings. The number of amides is 2. The Hall–Kier alpha value is -2.35. The molecule has 0 spiro atoms. The lowest BCUT2D eigenvalue weighted by Crippen LogP contribution is -2.47. The van der Waals surface area contributed by atoms with E-state index in [1.165, 1.54) is 0 Å². The van der Waals surface area contributed by atoms with Crippen LogP contribution in [0.4, 0.5) is 10.5 Å². The molecule has 1 aliphatic carbocycles. The molecule has 158 valence electrons. The lowest BCUT2D eigenvalue weighted by molar-refractivity contribution is 0.219. The summed E-state index contributed by atoms with van der Waals surface area (Å²) in [5, 5.41) is 5.54. The minimum absolute atomic E-state index is 0.112. The molecule has 0 saturated heterocycles. The summed E-state index contributed by atoms with van der Waals surface area (Å²) in [5.41, 5.74) is 0.407. The number of carbonyl (C=O) groups is 1. The second kappa shape index (κ2) is 8.57. The molecule has 29 heavy (non-hydrogen) atoms. The van der Waals surface area contributed by atoms with Crippen LogP contribution in [-0.2, 0) is 16.4 Å². The summed E-state index contributed by atoms with van der Waals surface area (Å²) in [7, 11) is -3.29. The smallest absolute Gasteiger partial charge is 0.319 e. The van der Waals surface area contributed by atoms with Crippen molar-refractivity contribution in [3.63, 3.8) is 0 Å². The molecule has 1 aromatic heterocycles. The van der Waals surface area contributed by atoms with Crippen molar-refractivity contribution in [2.75, 3.05) is 5.32 Å². The third-order valence-corrected chi connectivity index (χ3v) is 7.76. The largest absolute Gasteiger partial charge is 0.335 e. The van der Waals surface area contributed by atoms with Crippen LogP contribution in [0.1, 0.15) is 46.5 Å².